The van der Waals surface area contributed by atoms with Crippen LogP contribution in [0.3, 0.4) is 0 Å². The maximum Gasteiger partial charge on any atom is 0.240 e. The molecule has 0 unspecified atom stereocenters. The highest BCUT2D eigenvalue weighted by atomic mass is 32.2. The number of aromatic nitrogens is 2. The number of aliphatic hydroxyl groups is 1. The number of nitrogens with two attached hydrogens (primary N) is 1. The number of sulfonamides is 1. The number of para-hydroxylation sites is 1. The first-order chi connectivity index (χ1) is 15.0. The number of nitrogens with zero attached hydrogens (tertiary/aromatic N) is 2. The van der Waals surface area contributed by atoms with Crippen LogP contribution in [-0.4, -0.2) is 23.3 Å². The fraction of sp³-hybridized carbons (Fsp3) is 0.0870. The van der Waals surface area contributed by atoms with Crippen molar-refractivity contribution >= 4 is 10.0 Å². The van der Waals surface area contributed by atoms with Crippen molar-refractivity contribution < 1.29 is 18.3 Å². The number of benzene rings is 3. The Kier molecular flexibility index (Phi) is 5.85. The van der Waals surface area contributed by atoms with E-state index in [9.17, 15) is 13.5 Å². The summed E-state index contributed by atoms with van der Waals surface area (Å²) in [6.45, 7) is 0.171. The Morgan fingerprint density at radius 3 is 2.29 bits per heavy atom. The van der Waals surface area contributed by atoms with E-state index in [4.69, 9.17) is 9.88 Å². The molecule has 3 N–H and O–H groups in total. The van der Waals surface area contributed by atoms with Crippen LogP contribution < -0.4 is 9.88 Å². The van der Waals surface area contributed by atoms with Crippen LogP contribution >= 0.6 is 0 Å². The zero-order chi connectivity index (χ0) is 21.8. The molecule has 8 heteroatoms. The van der Waals surface area contributed by atoms with Gasteiger partial charge in [0.1, 0.15) is 17.3 Å². The predicted octanol–water partition coefficient (Wildman–Crippen LogP) is 3.26. The highest BCUT2D eigenvalue weighted by molar-refractivity contribution is 7.89. The van der Waals surface area contributed by atoms with E-state index in [2.05, 4.69) is 5.10 Å². The van der Waals surface area contributed by atoms with Gasteiger partial charge in [0.2, 0.25) is 10.0 Å². The normalized spacial score (nSPS) is 11.4. The Labute approximate surface area is 180 Å². The molecule has 0 aliphatic rings. The fourth-order valence-electron chi connectivity index (χ4n) is 3.23. The lowest BCUT2D eigenvalue weighted by Gasteiger charge is -2.12. The molecule has 0 saturated carbocycles. The molecule has 0 aliphatic heterocycles. The number of hydrogen-bond acceptors (Lipinski definition) is 5. The van der Waals surface area contributed by atoms with Crippen LogP contribution in [0.1, 0.15) is 11.3 Å². The average molecular weight is 436 g/mol. The number of aliphatic hydroxyl groups excluding tert-OH is 1. The molecule has 3 aromatic carbocycles. The van der Waals surface area contributed by atoms with E-state index in [0.29, 0.717) is 29.4 Å². The molecule has 1 aromatic heterocycles. The summed E-state index contributed by atoms with van der Waals surface area (Å²) in [5, 5.41) is 19.3. The standard InChI is InChI=1S/C23H21N3O4S/c24-31(28,29)23-9-5-4-8-21(23)26-22(14-19(15-27)25-26)18-10-12-20(13-11-18)30-16-17-6-2-1-3-7-17/h1-14,27H,15-16H2,(H2,24,28,29). The van der Waals surface area contributed by atoms with Gasteiger partial charge in [-0.3, -0.25) is 0 Å². The first-order valence-corrected chi connectivity index (χ1v) is 11.1. The van der Waals surface area contributed by atoms with Crippen molar-refractivity contribution in [2.45, 2.75) is 18.1 Å². The second kappa shape index (κ2) is 8.73. The van der Waals surface area contributed by atoms with Crippen molar-refractivity contribution in [1.82, 2.24) is 9.78 Å². The molecule has 158 valence electrons. The number of rotatable bonds is 7. The summed E-state index contributed by atoms with van der Waals surface area (Å²) in [6.07, 6.45) is 0. The molecule has 0 atom stereocenters. The first-order valence-electron chi connectivity index (χ1n) is 9.55. The second-order valence-corrected chi connectivity index (χ2v) is 8.43. The van der Waals surface area contributed by atoms with E-state index in [1.54, 1.807) is 24.3 Å². The van der Waals surface area contributed by atoms with Crippen molar-refractivity contribution in [2.24, 2.45) is 5.14 Å². The highest BCUT2D eigenvalue weighted by Crippen LogP contribution is 2.29. The minimum absolute atomic E-state index is 0.0494. The van der Waals surface area contributed by atoms with E-state index >= 15 is 0 Å². The van der Waals surface area contributed by atoms with Crippen LogP contribution in [0.15, 0.2) is 89.8 Å². The lowest BCUT2D eigenvalue weighted by Crippen LogP contribution is -2.16. The minimum Gasteiger partial charge on any atom is -0.489 e. The zero-order valence-electron chi connectivity index (χ0n) is 16.5. The molecule has 0 saturated heterocycles. The van der Waals surface area contributed by atoms with Crippen molar-refractivity contribution in [3.05, 3.63) is 96.2 Å². The van der Waals surface area contributed by atoms with Gasteiger partial charge >= 0.3 is 0 Å². The summed E-state index contributed by atoms with van der Waals surface area (Å²) in [4.78, 5) is -0.0494. The Bertz CT molecular complexity index is 1280. The van der Waals surface area contributed by atoms with Gasteiger partial charge in [0.25, 0.3) is 0 Å². The number of primary sulfonamides is 1. The molecule has 0 spiro atoms. The molecule has 0 aliphatic carbocycles. The molecule has 0 radical (unpaired) electrons. The van der Waals surface area contributed by atoms with Crippen LogP contribution in [-0.2, 0) is 23.2 Å². The third-order valence-corrected chi connectivity index (χ3v) is 5.68. The summed E-state index contributed by atoms with van der Waals surface area (Å²) in [7, 11) is -3.96. The molecule has 1 heterocycles. The fourth-order valence-corrected chi connectivity index (χ4v) is 3.95. The average Bonchev–Trinajstić information content (AvgIpc) is 3.23. The Morgan fingerprint density at radius 2 is 1.61 bits per heavy atom. The molecular formula is C23H21N3O4S. The quantitative estimate of drug-likeness (QED) is 0.463. The molecule has 4 aromatic rings. The van der Waals surface area contributed by atoms with Gasteiger partial charge in [-0.1, -0.05) is 42.5 Å². The molecule has 0 amide bonds. The van der Waals surface area contributed by atoms with Crippen molar-refractivity contribution in [1.29, 1.82) is 0 Å². The predicted molar refractivity (Wildman–Crippen MR) is 117 cm³/mol. The zero-order valence-corrected chi connectivity index (χ0v) is 17.4. The third kappa shape index (κ3) is 4.66. The summed E-state index contributed by atoms with van der Waals surface area (Å²) < 4.78 is 31.4. The maximum absolute atomic E-state index is 12.1. The SMILES string of the molecule is NS(=O)(=O)c1ccccc1-n1nc(CO)cc1-c1ccc(OCc2ccccc2)cc1. The van der Waals surface area contributed by atoms with Gasteiger partial charge in [-0.05, 0) is 48.0 Å². The summed E-state index contributed by atoms with van der Waals surface area (Å²) in [5.41, 5.74) is 3.18. The van der Waals surface area contributed by atoms with Crippen molar-refractivity contribution in [3.8, 4) is 22.7 Å². The lowest BCUT2D eigenvalue weighted by molar-refractivity contribution is 0.276. The monoisotopic (exact) mass is 435 g/mol. The van der Waals surface area contributed by atoms with Gasteiger partial charge in [-0.2, -0.15) is 5.10 Å². The second-order valence-electron chi connectivity index (χ2n) is 6.90. The van der Waals surface area contributed by atoms with E-state index < -0.39 is 10.0 Å². The molecular weight excluding hydrogens is 414 g/mol. The molecule has 7 nitrogen and oxygen atoms in total. The van der Waals surface area contributed by atoms with Gasteiger partial charge in [0, 0.05) is 5.56 Å². The van der Waals surface area contributed by atoms with Crippen molar-refractivity contribution in [2.75, 3.05) is 0 Å². The van der Waals surface area contributed by atoms with Crippen LogP contribution in [0.25, 0.3) is 16.9 Å². The minimum atomic E-state index is -3.96. The van der Waals surface area contributed by atoms with E-state index in [-0.39, 0.29) is 11.5 Å². The lowest BCUT2D eigenvalue weighted by atomic mass is 10.1. The molecule has 0 fully saturated rings. The molecule has 0 bridgehead atoms. The number of hydrogen-bond donors (Lipinski definition) is 2. The smallest absolute Gasteiger partial charge is 0.240 e. The number of ether oxygens (including phenoxy) is 1. The van der Waals surface area contributed by atoms with Crippen LogP contribution in [0.4, 0.5) is 0 Å². The van der Waals surface area contributed by atoms with Gasteiger partial charge in [0.15, 0.2) is 0 Å². The maximum atomic E-state index is 12.1. The molecule has 31 heavy (non-hydrogen) atoms. The van der Waals surface area contributed by atoms with E-state index in [1.807, 2.05) is 54.6 Å². The van der Waals surface area contributed by atoms with E-state index in [0.717, 1.165) is 11.1 Å². The summed E-state index contributed by atoms with van der Waals surface area (Å²) >= 11 is 0. The summed E-state index contributed by atoms with van der Waals surface area (Å²) in [6, 6.07) is 25.3. The van der Waals surface area contributed by atoms with Crippen LogP contribution in [0.5, 0.6) is 5.75 Å². The molecule has 4 rings (SSSR count). The van der Waals surface area contributed by atoms with Crippen LogP contribution in [0.2, 0.25) is 0 Å². The third-order valence-electron chi connectivity index (χ3n) is 4.72. The van der Waals surface area contributed by atoms with Gasteiger partial charge < -0.3 is 9.84 Å². The Morgan fingerprint density at radius 1 is 0.935 bits per heavy atom. The van der Waals surface area contributed by atoms with Crippen LogP contribution in [0, 0.1) is 0 Å². The van der Waals surface area contributed by atoms with Gasteiger partial charge in [0.05, 0.1) is 23.7 Å². The highest BCUT2D eigenvalue weighted by Gasteiger charge is 2.19. The van der Waals surface area contributed by atoms with Gasteiger partial charge in [-0.25, -0.2) is 18.2 Å². The van der Waals surface area contributed by atoms with Gasteiger partial charge in [-0.15, -0.1) is 0 Å². The Balaban J connectivity index is 1.67. The summed E-state index contributed by atoms with van der Waals surface area (Å²) in [5.74, 6) is 0.700. The van der Waals surface area contributed by atoms with E-state index in [1.165, 1.54) is 10.7 Å². The largest absolute Gasteiger partial charge is 0.489 e. The Hall–Kier alpha value is -3.46. The first kappa shape index (κ1) is 20.8. The topological polar surface area (TPSA) is 107 Å². The van der Waals surface area contributed by atoms with Crippen molar-refractivity contribution in [3.63, 3.8) is 0 Å².